The minimum atomic E-state index is -1.24. The number of ether oxygens (including phenoxy) is 1. The van der Waals surface area contributed by atoms with Gasteiger partial charge in [-0.1, -0.05) is 15.5 Å². The maximum Gasteiger partial charge on any atom is 0.0922 e. The van der Waals surface area contributed by atoms with E-state index in [0.29, 0.717) is 9.84 Å². The molecule has 3 heteroatoms. The highest BCUT2D eigenvalue weighted by Crippen LogP contribution is 2.38. The van der Waals surface area contributed by atoms with Gasteiger partial charge in [0.2, 0.25) is 0 Å². The van der Waals surface area contributed by atoms with E-state index in [1.165, 1.54) is 0 Å². The first-order valence-electron chi connectivity index (χ1n) is 4.63. The fourth-order valence-electron chi connectivity index (χ4n) is 1.80. The molecule has 1 aliphatic heterocycles. The lowest BCUT2D eigenvalue weighted by atomic mass is 10.0. The Morgan fingerprint density at radius 3 is 2.62 bits per heavy atom. The SMILES string of the molecule is C=I(=CC)C1C(CO)OC(C)C1C. The molecular weight excluding hydrogens is 279 g/mol. The van der Waals surface area contributed by atoms with E-state index in [1.807, 2.05) is 0 Å². The quantitative estimate of drug-likeness (QED) is 0.619. The zero-order chi connectivity index (χ0) is 10.0. The van der Waals surface area contributed by atoms with Gasteiger partial charge in [0.25, 0.3) is 0 Å². The van der Waals surface area contributed by atoms with Crippen molar-refractivity contribution in [1.82, 2.24) is 0 Å². The molecule has 78 valence electrons. The van der Waals surface area contributed by atoms with Gasteiger partial charge < -0.3 is 9.84 Å². The monoisotopic (exact) mass is 298 g/mol. The number of aliphatic hydroxyl groups excluding tert-OH is 1. The Morgan fingerprint density at radius 1 is 1.54 bits per heavy atom. The zero-order valence-corrected chi connectivity index (χ0v) is 10.7. The summed E-state index contributed by atoms with van der Waals surface area (Å²) in [5, 5.41) is 9.17. The molecular formula is C10H19IO2. The Labute approximate surface area is 86.7 Å². The molecule has 13 heavy (non-hydrogen) atoms. The Morgan fingerprint density at radius 2 is 2.15 bits per heavy atom. The number of alkyl halides is 1. The lowest BCUT2D eigenvalue weighted by Crippen LogP contribution is -2.24. The molecule has 4 atom stereocenters. The summed E-state index contributed by atoms with van der Waals surface area (Å²) in [5.41, 5.74) is 0. The second kappa shape index (κ2) is 4.75. The van der Waals surface area contributed by atoms with Gasteiger partial charge in [-0.25, -0.2) is 0 Å². The molecule has 0 amide bonds. The van der Waals surface area contributed by atoms with E-state index in [9.17, 15) is 5.11 Å². The second-order valence-corrected chi connectivity index (χ2v) is 8.68. The number of aliphatic hydroxyl groups is 1. The Balaban J connectivity index is 2.86. The minimum Gasteiger partial charge on any atom is -0.394 e. The van der Waals surface area contributed by atoms with E-state index in [0.717, 1.165) is 0 Å². The van der Waals surface area contributed by atoms with Gasteiger partial charge in [-0.15, -0.1) is 0 Å². The molecule has 4 unspecified atom stereocenters. The van der Waals surface area contributed by atoms with Crippen LogP contribution in [0.2, 0.25) is 0 Å². The van der Waals surface area contributed by atoms with Gasteiger partial charge in [0.15, 0.2) is 0 Å². The second-order valence-electron chi connectivity index (χ2n) is 3.52. The van der Waals surface area contributed by atoms with Crippen LogP contribution in [0, 0.1) is 5.92 Å². The highest BCUT2D eigenvalue weighted by molar-refractivity contribution is 14.2. The topological polar surface area (TPSA) is 29.5 Å². The van der Waals surface area contributed by atoms with Crippen molar-refractivity contribution in [1.29, 1.82) is 0 Å². The summed E-state index contributed by atoms with van der Waals surface area (Å²) in [5.74, 6) is 0.552. The maximum absolute atomic E-state index is 9.17. The molecule has 1 saturated heterocycles. The van der Waals surface area contributed by atoms with Gasteiger partial charge in [0, 0.05) is 3.92 Å². The van der Waals surface area contributed by atoms with Crippen LogP contribution in [0.1, 0.15) is 20.8 Å². The minimum absolute atomic E-state index is 0.0453. The number of hydrogen-bond acceptors (Lipinski definition) is 2. The standard InChI is InChI=1S/C10H19IO2/c1-5-11(4)10-7(2)8(3)13-9(10)6-12/h5,7-10,12H,4,6H2,1-3H3. The van der Waals surface area contributed by atoms with Crippen LogP contribution in [0.15, 0.2) is 0 Å². The van der Waals surface area contributed by atoms with Crippen LogP contribution in [-0.4, -0.2) is 36.4 Å². The van der Waals surface area contributed by atoms with Gasteiger partial charge in [0.1, 0.15) is 0 Å². The Kier molecular flexibility index (Phi) is 4.19. The maximum atomic E-state index is 9.17. The zero-order valence-electron chi connectivity index (χ0n) is 8.53. The lowest BCUT2D eigenvalue weighted by Gasteiger charge is -2.17. The van der Waals surface area contributed by atoms with Crippen molar-refractivity contribution >= 4 is 27.4 Å². The van der Waals surface area contributed by atoms with Gasteiger partial charge in [0.05, 0.1) is 18.8 Å². The third kappa shape index (κ3) is 2.25. The summed E-state index contributed by atoms with van der Waals surface area (Å²) in [7, 11) is 0. The van der Waals surface area contributed by atoms with Crippen LogP contribution in [0.3, 0.4) is 0 Å². The molecule has 0 aromatic heterocycles. The highest BCUT2D eigenvalue weighted by atomic mass is 127. The van der Waals surface area contributed by atoms with Crippen molar-refractivity contribution in [2.24, 2.45) is 5.92 Å². The summed E-state index contributed by atoms with van der Waals surface area (Å²) in [6.07, 6.45) is 0.326. The number of rotatable bonds is 2. The smallest absolute Gasteiger partial charge is 0.0922 e. The van der Waals surface area contributed by atoms with Crippen LogP contribution < -0.4 is 0 Å². The molecule has 0 radical (unpaired) electrons. The molecule has 0 saturated carbocycles. The molecule has 0 aromatic rings. The fourth-order valence-corrected chi connectivity index (χ4v) is 6.10. The van der Waals surface area contributed by atoms with Crippen LogP contribution in [0.25, 0.3) is 0 Å². The van der Waals surface area contributed by atoms with Gasteiger partial charge in [-0.3, -0.25) is 0 Å². The number of halogens is 1. The van der Waals surface area contributed by atoms with Crippen LogP contribution in [0.4, 0.5) is 0 Å². The third-order valence-corrected chi connectivity index (χ3v) is 8.16. The van der Waals surface area contributed by atoms with Crippen molar-refractivity contribution in [2.75, 3.05) is 6.61 Å². The fraction of sp³-hybridized carbons (Fsp3) is 0.800. The van der Waals surface area contributed by atoms with Crippen LogP contribution in [0.5, 0.6) is 0 Å². The lowest BCUT2D eigenvalue weighted by molar-refractivity contribution is 0.0167. The van der Waals surface area contributed by atoms with E-state index in [1.54, 1.807) is 0 Å². The summed E-state index contributed by atoms with van der Waals surface area (Å²) in [4.78, 5) is 0. The predicted molar refractivity (Wildman–Crippen MR) is 67.3 cm³/mol. The van der Waals surface area contributed by atoms with Gasteiger partial charge in [-0.05, 0) is 19.8 Å². The Hall–Kier alpha value is 0.390. The molecule has 1 fully saturated rings. The molecule has 0 spiro atoms. The van der Waals surface area contributed by atoms with E-state index >= 15 is 0 Å². The average Bonchev–Trinajstić information content (AvgIpc) is 2.42. The normalized spacial score (nSPS) is 42.5. The summed E-state index contributed by atoms with van der Waals surface area (Å²) in [6, 6.07) is 0. The third-order valence-electron chi connectivity index (χ3n) is 2.77. The van der Waals surface area contributed by atoms with Crippen LogP contribution in [-0.2, 0) is 4.74 Å². The van der Waals surface area contributed by atoms with Crippen LogP contribution >= 0.6 is 18.9 Å². The molecule has 2 nitrogen and oxygen atoms in total. The van der Waals surface area contributed by atoms with Crippen molar-refractivity contribution < 1.29 is 9.84 Å². The van der Waals surface area contributed by atoms with E-state index in [-0.39, 0.29) is 18.8 Å². The van der Waals surface area contributed by atoms with E-state index in [2.05, 4.69) is 29.3 Å². The Bertz CT molecular complexity index is 243. The van der Waals surface area contributed by atoms with E-state index < -0.39 is 18.9 Å². The first kappa shape index (κ1) is 11.5. The molecule has 1 aliphatic rings. The number of hydrogen-bond donors (Lipinski definition) is 1. The predicted octanol–water partition coefficient (Wildman–Crippen LogP) is 1.53. The summed E-state index contributed by atoms with van der Waals surface area (Å²) < 4.78 is 12.7. The molecule has 1 heterocycles. The van der Waals surface area contributed by atoms with Gasteiger partial charge in [-0.2, -0.15) is 18.9 Å². The average molecular weight is 298 g/mol. The van der Waals surface area contributed by atoms with Crippen molar-refractivity contribution in [3.05, 3.63) is 0 Å². The molecule has 0 bridgehead atoms. The summed E-state index contributed by atoms with van der Waals surface area (Å²) in [6.45, 7) is 6.54. The first-order valence-corrected chi connectivity index (χ1v) is 8.65. The van der Waals surface area contributed by atoms with Gasteiger partial charge >= 0.3 is 0 Å². The molecule has 0 aliphatic carbocycles. The van der Waals surface area contributed by atoms with E-state index in [4.69, 9.17) is 4.74 Å². The highest BCUT2D eigenvalue weighted by Gasteiger charge is 2.38. The van der Waals surface area contributed by atoms with Crippen molar-refractivity contribution in [3.63, 3.8) is 0 Å². The van der Waals surface area contributed by atoms with Crippen molar-refractivity contribution in [3.8, 4) is 0 Å². The molecule has 0 aromatic carbocycles. The van der Waals surface area contributed by atoms with Crippen molar-refractivity contribution in [2.45, 2.75) is 36.9 Å². The molecule has 1 rings (SSSR count). The first-order chi connectivity index (χ1) is 6.11. The largest absolute Gasteiger partial charge is 0.394 e. The molecule has 1 N–H and O–H groups in total. The summed E-state index contributed by atoms with van der Waals surface area (Å²) >= 11 is -1.24.